The number of esters is 1. The molecule has 92 valence electrons. The summed E-state index contributed by atoms with van der Waals surface area (Å²) in [6.07, 6.45) is 2.80. The monoisotopic (exact) mass is 237 g/mol. The molecule has 1 rings (SSSR count). The summed E-state index contributed by atoms with van der Waals surface area (Å²) >= 11 is 0. The molecule has 0 fully saturated rings. The molecule has 0 saturated heterocycles. The van der Waals surface area contributed by atoms with Gasteiger partial charge >= 0.3 is 5.97 Å². The lowest BCUT2D eigenvalue weighted by molar-refractivity contribution is -0.138. The molecule has 0 spiro atoms. The quantitative estimate of drug-likeness (QED) is 0.255. The van der Waals surface area contributed by atoms with Gasteiger partial charge in [-0.25, -0.2) is 4.79 Å². The molecule has 1 aromatic rings. The Morgan fingerprint density at radius 3 is 2.65 bits per heavy atom. The molecule has 0 saturated carbocycles. The van der Waals surface area contributed by atoms with Crippen molar-refractivity contribution in [1.29, 1.82) is 0 Å². The third kappa shape index (κ3) is 3.48. The van der Waals surface area contributed by atoms with E-state index in [9.17, 15) is 9.59 Å². The van der Waals surface area contributed by atoms with E-state index >= 15 is 0 Å². The van der Waals surface area contributed by atoms with Crippen molar-refractivity contribution in [3.8, 4) is 0 Å². The number of nitrogens with zero attached hydrogens (tertiary/aromatic N) is 1. The molecule has 5 nitrogen and oxygen atoms in total. The Labute approximate surface area is 99.7 Å². The number of furan rings is 1. The summed E-state index contributed by atoms with van der Waals surface area (Å²) in [7, 11) is 3.43. The van der Waals surface area contributed by atoms with Crippen molar-refractivity contribution in [2.75, 3.05) is 20.7 Å². The van der Waals surface area contributed by atoms with E-state index in [1.807, 2.05) is 0 Å². The van der Waals surface area contributed by atoms with Gasteiger partial charge in [-0.1, -0.05) is 0 Å². The highest BCUT2D eigenvalue weighted by Crippen LogP contribution is 2.11. The first-order valence-corrected chi connectivity index (χ1v) is 5.19. The molecule has 1 aromatic heterocycles. The van der Waals surface area contributed by atoms with Gasteiger partial charge in [0.05, 0.1) is 12.9 Å². The Morgan fingerprint density at radius 1 is 1.47 bits per heavy atom. The minimum Gasteiger partial charge on any atom is -0.462 e. The maximum atomic E-state index is 12.0. The van der Waals surface area contributed by atoms with Gasteiger partial charge in [-0.15, -0.1) is 0 Å². The minimum absolute atomic E-state index is 0.0493. The van der Waals surface area contributed by atoms with Gasteiger partial charge in [0.25, 0.3) is 0 Å². The molecule has 0 aliphatic rings. The number of rotatable bonds is 5. The number of carbonyl (C=O) groups is 2. The van der Waals surface area contributed by atoms with Gasteiger partial charge < -0.3 is 14.1 Å². The Balaban J connectivity index is 2.99. The van der Waals surface area contributed by atoms with Crippen LogP contribution < -0.4 is 0 Å². The molecule has 0 atom stereocenters. The average Bonchev–Trinajstić information content (AvgIpc) is 2.78. The van der Waals surface area contributed by atoms with Crippen LogP contribution in [0.25, 0.3) is 0 Å². The van der Waals surface area contributed by atoms with Crippen LogP contribution in [-0.4, -0.2) is 37.4 Å². The SMILES string of the molecule is CCOC(=O)C(=CN(C)C)C(=O)c1ccco1. The number of carbonyl (C=O) groups excluding carboxylic acids is 2. The molecule has 0 radical (unpaired) electrons. The van der Waals surface area contributed by atoms with E-state index in [0.29, 0.717) is 0 Å². The van der Waals surface area contributed by atoms with Crippen molar-refractivity contribution in [2.24, 2.45) is 0 Å². The van der Waals surface area contributed by atoms with E-state index in [0.717, 1.165) is 0 Å². The number of Topliss-reactive ketones (excluding diaryl/α,β-unsaturated/α-hetero) is 1. The van der Waals surface area contributed by atoms with Gasteiger partial charge in [0, 0.05) is 20.3 Å². The lowest BCUT2D eigenvalue weighted by Gasteiger charge is -2.09. The van der Waals surface area contributed by atoms with Gasteiger partial charge in [0.15, 0.2) is 5.76 Å². The Bertz CT molecular complexity index is 418. The maximum absolute atomic E-state index is 12.0. The van der Waals surface area contributed by atoms with Crippen LogP contribution in [0.2, 0.25) is 0 Å². The van der Waals surface area contributed by atoms with Gasteiger partial charge in [0.1, 0.15) is 5.57 Å². The summed E-state index contributed by atoms with van der Waals surface area (Å²) in [6, 6.07) is 3.09. The van der Waals surface area contributed by atoms with E-state index in [-0.39, 0.29) is 17.9 Å². The van der Waals surface area contributed by atoms with Gasteiger partial charge in [-0.3, -0.25) is 4.79 Å². The highest BCUT2D eigenvalue weighted by Gasteiger charge is 2.23. The fourth-order valence-electron chi connectivity index (χ4n) is 1.21. The number of hydrogen-bond acceptors (Lipinski definition) is 5. The van der Waals surface area contributed by atoms with E-state index in [1.54, 1.807) is 32.0 Å². The van der Waals surface area contributed by atoms with Crippen molar-refractivity contribution >= 4 is 11.8 Å². The molecule has 17 heavy (non-hydrogen) atoms. The first-order chi connectivity index (χ1) is 8.06. The zero-order chi connectivity index (χ0) is 12.8. The smallest absolute Gasteiger partial charge is 0.343 e. The number of hydrogen-bond donors (Lipinski definition) is 0. The molecule has 1 heterocycles. The van der Waals surface area contributed by atoms with E-state index in [2.05, 4.69) is 0 Å². The zero-order valence-corrected chi connectivity index (χ0v) is 10.1. The number of ketones is 1. The fourth-order valence-corrected chi connectivity index (χ4v) is 1.21. The highest BCUT2D eigenvalue weighted by molar-refractivity contribution is 6.23. The molecular formula is C12H15NO4. The minimum atomic E-state index is -0.650. The van der Waals surface area contributed by atoms with Crippen LogP contribution >= 0.6 is 0 Å². The topological polar surface area (TPSA) is 59.8 Å². The van der Waals surface area contributed by atoms with Gasteiger partial charge in [-0.2, -0.15) is 0 Å². The molecule has 0 aliphatic carbocycles. The molecule has 0 unspecified atom stereocenters. The molecule has 0 aromatic carbocycles. The van der Waals surface area contributed by atoms with Gasteiger partial charge in [-0.05, 0) is 19.1 Å². The zero-order valence-electron chi connectivity index (χ0n) is 10.1. The summed E-state index contributed by atoms with van der Waals surface area (Å²) in [4.78, 5) is 25.2. The molecule has 0 aliphatic heterocycles. The molecular weight excluding hydrogens is 222 g/mol. The largest absolute Gasteiger partial charge is 0.462 e. The van der Waals surface area contributed by atoms with Crippen molar-refractivity contribution in [2.45, 2.75) is 6.92 Å². The lowest BCUT2D eigenvalue weighted by Crippen LogP contribution is -2.19. The second-order valence-electron chi connectivity index (χ2n) is 3.53. The third-order valence-corrected chi connectivity index (χ3v) is 1.87. The third-order valence-electron chi connectivity index (χ3n) is 1.87. The maximum Gasteiger partial charge on any atom is 0.343 e. The van der Waals surface area contributed by atoms with Crippen LogP contribution in [-0.2, 0) is 9.53 Å². The van der Waals surface area contributed by atoms with Crippen molar-refractivity contribution in [3.05, 3.63) is 35.9 Å². The van der Waals surface area contributed by atoms with Crippen LogP contribution in [0, 0.1) is 0 Å². The van der Waals surface area contributed by atoms with E-state index in [4.69, 9.17) is 9.15 Å². The predicted molar refractivity (Wildman–Crippen MR) is 61.4 cm³/mol. The van der Waals surface area contributed by atoms with Crippen molar-refractivity contribution in [3.63, 3.8) is 0 Å². The van der Waals surface area contributed by atoms with E-state index < -0.39 is 11.8 Å². The Morgan fingerprint density at radius 2 is 2.18 bits per heavy atom. The van der Waals surface area contributed by atoms with Crippen LogP contribution in [0.3, 0.4) is 0 Å². The predicted octanol–water partition coefficient (Wildman–Crippen LogP) is 1.47. The molecule has 0 bridgehead atoms. The highest BCUT2D eigenvalue weighted by atomic mass is 16.5. The first-order valence-electron chi connectivity index (χ1n) is 5.19. The lowest BCUT2D eigenvalue weighted by atomic mass is 10.1. The Hall–Kier alpha value is -2.04. The summed E-state index contributed by atoms with van der Waals surface area (Å²) in [6.45, 7) is 1.90. The molecule has 5 heteroatoms. The van der Waals surface area contributed by atoms with Crippen LogP contribution in [0.4, 0.5) is 0 Å². The number of ether oxygens (including phenoxy) is 1. The normalized spacial score (nSPS) is 11.1. The summed E-state index contributed by atoms with van der Waals surface area (Å²) in [5, 5.41) is 0. The molecule has 0 amide bonds. The van der Waals surface area contributed by atoms with Crippen molar-refractivity contribution in [1.82, 2.24) is 4.90 Å². The van der Waals surface area contributed by atoms with Crippen LogP contribution in [0.5, 0.6) is 0 Å². The van der Waals surface area contributed by atoms with Crippen LogP contribution in [0.1, 0.15) is 17.5 Å². The van der Waals surface area contributed by atoms with E-state index in [1.165, 1.54) is 18.5 Å². The second kappa shape index (κ2) is 5.89. The van der Waals surface area contributed by atoms with Crippen molar-refractivity contribution < 1.29 is 18.7 Å². The molecule has 0 N–H and O–H groups in total. The summed E-state index contributed by atoms with van der Waals surface area (Å²) in [5.74, 6) is -1.02. The van der Waals surface area contributed by atoms with Crippen LogP contribution in [0.15, 0.2) is 34.6 Å². The summed E-state index contributed by atoms with van der Waals surface area (Å²) in [5.41, 5.74) is -0.0493. The standard InChI is InChI=1S/C12H15NO4/c1-4-16-12(15)9(8-13(2)3)11(14)10-6-5-7-17-10/h5-8H,4H2,1-3H3. The first kappa shape index (κ1) is 13.0. The fraction of sp³-hybridized carbons (Fsp3) is 0.333. The Kier molecular flexibility index (Phi) is 4.51. The summed E-state index contributed by atoms with van der Waals surface area (Å²) < 4.78 is 9.80. The average molecular weight is 237 g/mol. The van der Waals surface area contributed by atoms with Gasteiger partial charge in [0.2, 0.25) is 5.78 Å². The second-order valence-corrected chi connectivity index (χ2v) is 3.53.